The molecule has 0 bridgehead atoms. The van der Waals surface area contributed by atoms with E-state index in [1.807, 2.05) is 17.2 Å². The van der Waals surface area contributed by atoms with Crippen molar-refractivity contribution in [1.29, 1.82) is 0 Å². The molecule has 1 atom stereocenters. The molecule has 116 valence electrons. The van der Waals surface area contributed by atoms with Gasteiger partial charge >= 0.3 is 0 Å². The standard InChI is InChI=1S/C16H18FN3OS/c1-11-9-18-6-7-20(11)16(21)14-10-22-15(19-14)8-12-2-4-13(17)5-3-12/h2-5,10-11,18H,6-9H2,1H3/t11-/m1/s1. The van der Waals surface area contributed by atoms with Crippen molar-refractivity contribution in [2.45, 2.75) is 19.4 Å². The zero-order chi connectivity index (χ0) is 15.5. The number of hydrogen-bond acceptors (Lipinski definition) is 4. The molecule has 1 aromatic carbocycles. The SMILES string of the molecule is C[C@@H]1CNCCN1C(=O)c1csc(Cc2ccc(F)cc2)n1. The van der Waals surface area contributed by atoms with Crippen LogP contribution in [0, 0.1) is 5.82 Å². The molecule has 1 aromatic heterocycles. The van der Waals surface area contributed by atoms with Gasteiger partial charge in [0.2, 0.25) is 0 Å². The Hall–Kier alpha value is -1.79. The Morgan fingerprint density at radius 1 is 1.45 bits per heavy atom. The lowest BCUT2D eigenvalue weighted by Gasteiger charge is -2.33. The van der Waals surface area contributed by atoms with Gasteiger partial charge in [-0.3, -0.25) is 4.79 Å². The first-order valence-corrected chi connectivity index (χ1v) is 8.22. The summed E-state index contributed by atoms with van der Waals surface area (Å²) in [5, 5.41) is 5.96. The van der Waals surface area contributed by atoms with Crippen molar-refractivity contribution in [3.05, 3.63) is 51.7 Å². The largest absolute Gasteiger partial charge is 0.332 e. The fraction of sp³-hybridized carbons (Fsp3) is 0.375. The Balaban J connectivity index is 1.70. The third-order valence-electron chi connectivity index (χ3n) is 3.80. The van der Waals surface area contributed by atoms with E-state index in [1.165, 1.54) is 23.5 Å². The van der Waals surface area contributed by atoms with Crippen molar-refractivity contribution >= 4 is 17.2 Å². The van der Waals surface area contributed by atoms with Gasteiger partial charge in [-0.25, -0.2) is 9.37 Å². The van der Waals surface area contributed by atoms with Gasteiger partial charge in [-0.05, 0) is 24.6 Å². The van der Waals surface area contributed by atoms with Gasteiger partial charge in [-0.2, -0.15) is 0 Å². The van der Waals surface area contributed by atoms with Gasteiger partial charge in [0, 0.05) is 37.5 Å². The molecule has 2 heterocycles. The minimum Gasteiger partial charge on any atom is -0.332 e. The van der Waals surface area contributed by atoms with Crippen LogP contribution in [0.3, 0.4) is 0 Å². The van der Waals surface area contributed by atoms with Gasteiger partial charge in [-0.15, -0.1) is 11.3 Å². The lowest BCUT2D eigenvalue weighted by atomic mass is 10.1. The van der Waals surface area contributed by atoms with Crippen molar-refractivity contribution in [1.82, 2.24) is 15.2 Å². The Labute approximate surface area is 133 Å². The van der Waals surface area contributed by atoms with Crippen LogP contribution in [0.2, 0.25) is 0 Å². The number of aromatic nitrogens is 1. The fourth-order valence-corrected chi connectivity index (χ4v) is 3.36. The predicted molar refractivity (Wildman–Crippen MR) is 84.7 cm³/mol. The molecule has 1 aliphatic heterocycles. The zero-order valence-corrected chi connectivity index (χ0v) is 13.2. The van der Waals surface area contributed by atoms with Gasteiger partial charge in [-0.1, -0.05) is 12.1 Å². The van der Waals surface area contributed by atoms with E-state index in [0.717, 1.165) is 23.7 Å². The summed E-state index contributed by atoms with van der Waals surface area (Å²) in [6.45, 7) is 4.39. The Kier molecular flexibility index (Phi) is 4.49. The van der Waals surface area contributed by atoms with E-state index in [9.17, 15) is 9.18 Å². The van der Waals surface area contributed by atoms with E-state index in [2.05, 4.69) is 10.3 Å². The summed E-state index contributed by atoms with van der Waals surface area (Å²) in [7, 11) is 0. The van der Waals surface area contributed by atoms with Gasteiger partial charge < -0.3 is 10.2 Å². The molecule has 4 nitrogen and oxygen atoms in total. The minimum absolute atomic E-state index is 0.00407. The van der Waals surface area contributed by atoms with E-state index < -0.39 is 0 Å². The molecule has 1 amide bonds. The van der Waals surface area contributed by atoms with Crippen LogP contribution in [-0.2, 0) is 6.42 Å². The zero-order valence-electron chi connectivity index (χ0n) is 12.4. The number of piperazine rings is 1. The summed E-state index contributed by atoms with van der Waals surface area (Å²) in [4.78, 5) is 18.8. The van der Waals surface area contributed by atoms with Gasteiger partial charge in [0.1, 0.15) is 11.5 Å². The summed E-state index contributed by atoms with van der Waals surface area (Å²) in [6, 6.07) is 6.56. The highest BCUT2D eigenvalue weighted by Gasteiger charge is 2.25. The summed E-state index contributed by atoms with van der Waals surface area (Å²) in [6.07, 6.45) is 0.620. The summed E-state index contributed by atoms with van der Waals surface area (Å²) < 4.78 is 12.9. The molecule has 0 saturated carbocycles. The van der Waals surface area contributed by atoms with Crippen LogP contribution in [0.15, 0.2) is 29.6 Å². The predicted octanol–water partition coefficient (Wildman–Crippen LogP) is 2.31. The first-order chi connectivity index (χ1) is 10.6. The highest BCUT2D eigenvalue weighted by atomic mass is 32.1. The number of nitrogens with one attached hydrogen (secondary N) is 1. The number of carbonyl (C=O) groups excluding carboxylic acids is 1. The second kappa shape index (κ2) is 6.54. The topological polar surface area (TPSA) is 45.2 Å². The molecule has 0 unspecified atom stereocenters. The van der Waals surface area contributed by atoms with Crippen LogP contribution in [0.4, 0.5) is 4.39 Å². The molecule has 0 aliphatic carbocycles. The third-order valence-corrected chi connectivity index (χ3v) is 4.65. The Morgan fingerprint density at radius 2 is 2.23 bits per heavy atom. The van der Waals surface area contributed by atoms with Gasteiger partial charge in [0.15, 0.2) is 0 Å². The van der Waals surface area contributed by atoms with E-state index in [4.69, 9.17) is 0 Å². The smallest absolute Gasteiger partial charge is 0.273 e. The monoisotopic (exact) mass is 319 g/mol. The van der Waals surface area contributed by atoms with Crippen LogP contribution < -0.4 is 5.32 Å². The van der Waals surface area contributed by atoms with Gasteiger partial charge in [0.25, 0.3) is 5.91 Å². The number of nitrogens with zero attached hydrogens (tertiary/aromatic N) is 2. The summed E-state index contributed by atoms with van der Waals surface area (Å²) >= 11 is 1.47. The molecular weight excluding hydrogens is 301 g/mol. The lowest BCUT2D eigenvalue weighted by molar-refractivity contribution is 0.0650. The normalized spacial score (nSPS) is 18.5. The van der Waals surface area contributed by atoms with Crippen LogP contribution in [-0.4, -0.2) is 41.5 Å². The van der Waals surface area contributed by atoms with Crippen molar-refractivity contribution in [2.24, 2.45) is 0 Å². The molecule has 1 N–H and O–H groups in total. The molecule has 0 radical (unpaired) electrons. The molecule has 1 fully saturated rings. The highest BCUT2D eigenvalue weighted by molar-refractivity contribution is 7.09. The number of amides is 1. The number of halogens is 1. The number of hydrogen-bond donors (Lipinski definition) is 1. The van der Waals surface area contributed by atoms with E-state index in [-0.39, 0.29) is 17.8 Å². The molecular formula is C16H18FN3OS. The molecule has 0 spiro atoms. The Bertz CT molecular complexity index is 656. The van der Waals surface area contributed by atoms with Crippen molar-refractivity contribution in [2.75, 3.05) is 19.6 Å². The van der Waals surface area contributed by atoms with E-state index in [0.29, 0.717) is 18.7 Å². The van der Waals surface area contributed by atoms with Crippen LogP contribution >= 0.6 is 11.3 Å². The number of thiazole rings is 1. The quantitative estimate of drug-likeness (QED) is 0.944. The maximum absolute atomic E-state index is 12.9. The highest BCUT2D eigenvalue weighted by Crippen LogP contribution is 2.17. The van der Waals surface area contributed by atoms with Crippen LogP contribution in [0.1, 0.15) is 28.0 Å². The summed E-state index contributed by atoms with van der Waals surface area (Å²) in [5.74, 6) is -0.248. The maximum Gasteiger partial charge on any atom is 0.273 e. The first kappa shape index (κ1) is 15.1. The average molecular weight is 319 g/mol. The number of carbonyl (C=O) groups is 1. The third kappa shape index (κ3) is 3.34. The number of benzene rings is 1. The van der Waals surface area contributed by atoms with Crippen LogP contribution in [0.5, 0.6) is 0 Å². The molecule has 6 heteroatoms. The van der Waals surface area contributed by atoms with Crippen molar-refractivity contribution in [3.63, 3.8) is 0 Å². The first-order valence-electron chi connectivity index (χ1n) is 7.34. The van der Waals surface area contributed by atoms with Crippen molar-refractivity contribution < 1.29 is 9.18 Å². The fourth-order valence-electron chi connectivity index (χ4n) is 2.56. The second-order valence-electron chi connectivity index (χ2n) is 5.48. The second-order valence-corrected chi connectivity index (χ2v) is 6.42. The molecule has 3 rings (SSSR count). The average Bonchev–Trinajstić information content (AvgIpc) is 2.98. The molecule has 22 heavy (non-hydrogen) atoms. The lowest BCUT2D eigenvalue weighted by Crippen LogP contribution is -2.52. The molecule has 1 saturated heterocycles. The van der Waals surface area contributed by atoms with E-state index >= 15 is 0 Å². The Morgan fingerprint density at radius 3 is 2.95 bits per heavy atom. The van der Waals surface area contributed by atoms with Crippen molar-refractivity contribution in [3.8, 4) is 0 Å². The molecule has 1 aliphatic rings. The maximum atomic E-state index is 12.9. The summed E-state index contributed by atoms with van der Waals surface area (Å²) in [5.41, 5.74) is 1.50. The van der Waals surface area contributed by atoms with Crippen LogP contribution in [0.25, 0.3) is 0 Å². The molecule has 2 aromatic rings. The van der Waals surface area contributed by atoms with Gasteiger partial charge in [0.05, 0.1) is 5.01 Å². The van der Waals surface area contributed by atoms with E-state index in [1.54, 1.807) is 12.1 Å². The number of rotatable bonds is 3. The minimum atomic E-state index is -0.244.